The summed E-state index contributed by atoms with van der Waals surface area (Å²) in [4.78, 5) is 13.7. The van der Waals surface area contributed by atoms with Crippen LogP contribution in [0.15, 0.2) is 71.3 Å². The molecule has 7 rings (SSSR count). The van der Waals surface area contributed by atoms with Gasteiger partial charge in [0, 0.05) is 30.4 Å². The maximum Gasteiger partial charge on any atom is 0.317 e. The van der Waals surface area contributed by atoms with Crippen LogP contribution < -0.4 is 0 Å². The standard InChI is InChI=1S/C29H33N2O3/c32-28(29(15-7-8-16-29)24-11-5-2-6-12-24)33-27-21-31(17-13-23(27)14-18-31)20-25-19-26(34-30-25)22-9-3-1-4-10-22/h1-6,9-12,19,23,27H,7-8,13-18,20-21H2/q+1/t23?,27-,31?/m0/s1. The monoisotopic (exact) mass is 457 g/mol. The van der Waals surface area contributed by atoms with Crippen molar-refractivity contribution in [1.82, 2.24) is 5.16 Å². The van der Waals surface area contributed by atoms with Crippen LogP contribution in [0.1, 0.15) is 49.8 Å². The minimum atomic E-state index is -0.463. The number of nitrogens with zero attached hydrogens (tertiary/aromatic N) is 2. The van der Waals surface area contributed by atoms with Crippen LogP contribution in [0, 0.1) is 5.92 Å². The smallest absolute Gasteiger partial charge is 0.317 e. The predicted molar refractivity (Wildman–Crippen MR) is 130 cm³/mol. The molecule has 5 nitrogen and oxygen atoms in total. The van der Waals surface area contributed by atoms with Gasteiger partial charge in [0.25, 0.3) is 0 Å². The fourth-order valence-corrected chi connectivity index (χ4v) is 6.64. The van der Waals surface area contributed by atoms with E-state index in [4.69, 9.17) is 9.26 Å². The van der Waals surface area contributed by atoms with E-state index < -0.39 is 5.41 Å². The number of aromatic nitrogens is 1. The van der Waals surface area contributed by atoms with Crippen molar-refractivity contribution in [3.05, 3.63) is 78.0 Å². The summed E-state index contributed by atoms with van der Waals surface area (Å²) in [7, 11) is 0. The molecule has 1 aliphatic carbocycles. The molecule has 34 heavy (non-hydrogen) atoms. The first-order valence-corrected chi connectivity index (χ1v) is 12.8. The Morgan fingerprint density at radius 3 is 2.38 bits per heavy atom. The molecule has 0 spiro atoms. The second-order valence-corrected chi connectivity index (χ2v) is 10.6. The van der Waals surface area contributed by atoms with E-state index >= 15 is 0 Å². The lowest BCUT2D eigenvalue weighted by Crippen LogP contribution is -2.64. The number of benzene rings is 2. The molecule has 1 aromatic heterocycles. The third kappa shape index (κ3) is 3.86. The summed E-state index contributed by atoms with van der Waals surface area (Å²) in [6.45, 7) is 3.96. The number of carbonyl (C=O) groups is 1. The topological polar surface area (TPSA) is 52.3 Å². The zero-order chi connectivity index (χ0) is 23.0. The molecule has 5 heteroatoms. The van der Waals surface area contributed by atoms with Gasteiger partial charge in [-0.3, -0.25) is 4.79 Å². The highest BCUT2D eigenvalue weighted by Crippen LogP contribution is 2.44. The van der Waals surface area contributed by atoms with Gasteiger partial charge in [0.15, 0.2) is 11.9 Å². The first kappa shape index (κ1) is 21.6. The molecule has 0 amide bonds. The second-order valence-electron chi connectivity index (χ2n) is 10.6. The Morgan fingerprint density at radius 2 is 1.68 bits per heavy atom. The Balaban J connectivity index is 1.18. The van der Waals surface area contributed by atoms with E-state index in [1.165, 1.54) is 0 Å². The van der Waals surface area contributed by atoms with Crippen molar-refractivity contribution < 1.29 is 18.5 Å². The first-order chi connectivity index (χ1) is 16.7. The van der Waals surface area contributed by atoms with Gasteiger partial charge in [0.1, 0.15) is 18.8 Å². The molecule has 1 saturated carbocycles. The SMILES string of the molecule is O=C(O[C@H]1C[N+]2(Cc3cc(-c4ccccc4)on3)CCC1CC2)C1(c2ccccc2)CCCC1. The van der Waals surface area contributed by atoms with Crippen LogP contribution in [-0.4, -0.2) is 41.3 Å². The van der Waals surface area contributed by atoms with Crippen LogP contribution in [0.25, 0.3) is 11.3 Å². The maximum absolute atomic E-state index is 13.7. The molecule has 2 bridgehead atoms. The summed E-state index contributed by atoms with van der Waals surface area (Å²) in [5.41, 5.74) is 2.70. The average Bonchev–Trinajstić information content (AvgIpc) is 3.57. The fourth-order valence-electron chi connectivity index (χ4n) is 6.64. The van der Waals surface area contributed by atoms with Gasteiger partial charge >= 0.3 is 5.97 Å². The van der Waals surface area contributed by atoms with Gasteiger partial charge in [0.2, 0.25) is 0 Å². The second kappa shape index (κ2) is 8.70. The molecular weight excluding hydrogens is 424 g/mol. The Bertz CT molecular complexity index is 1130. The number of ether oxygens (including phenoxy) is 1. The molecule has 4 fully saturated rings. The van der Waals surface area contributed by atoms with Crippen LogP contribution in [0.5, 0.6) is 0 Å². The molecule has 2 aromatic carbocycles. The van der Waals surface area contributed by atoms with Crippen molar-refractivity contribution in [3.63, 3.8) is 0 Å². The number of hydrogen-bond acceptors (Lipinski definition) is 4. The lowest BCUT2D eigenvalue weighted by molar-refractivity contribution is -0.958. The van der Waals surface area contributed by atoms with Gasteiger partial charge in [-0.1, -0.05) is 78.7 Å². The van der Waals surface area contributed by atoms with Crippen molar-refractivity contribution in [1.29, 1.82) is 0 Å². The lowest BCUT2D eigenvalue weighted by atomic mass is 9.78. The highest BCUT2D eigenvalue weighted by atomic mass is 16.5. The van der Waals surface area contributed by atoms with Gasteiger partial charge in [0.05, 0.1) is 18.5 Å². The number of piperidine rings is 3. The normalized spacial score (nSPS) is 27.5. The van der Waals surface area contributed by atoms with E-state index in [2.05, 4.69) is 23.4 Å². The molecule has 4 aliphatic rings. The minimum absolute atomic E-state index is 0.000833. The largest absolute Gasteiger partial charge is 0.455 e. The van der Waals surface area contributed by atoms with Crippen LogP contribution in [0.4, 0.5) is 0 Å². The fraction of sp³-hybridized carbons (Fsp3) is 0.448. The van der Waals surface area contributed by atoms with Gasteiger partial charge < -0.3 is 13.7 Å². The van der Waals surface area contributed by atoms with Gasteiger partial charge in [-0.05, 0) is 18.4 Å². The molecule has 3 saturated heterocycles. The molecule has 0 radical (unpaired) electrons. The van der Waals surface area contributed by atoms with Gasteiger partial charge in [-0.15, -0.1) is 0 Å². The van der Waals surface area contributed by atoms with E-state index in [1.54, 1.807) is 0 Å². The number of carbonyl (C=O) groups excluding carboxylic acids is 1. The Kier molecular flexibility index (Phi) is 5.53. The molecule has 4 heterocycles. The zero-order valence-electron chi connectivity index (χ0n) is 19.7. The van der Waals surface area contributed by atoms with Crippen LogP contribution in [0.3, 0.4) is 0 Å². The zero-order valence-corrected chi connectivity index (χ0v) is 19.7. The summed E-state index contributed by atoms with van der Waals surface area (Å²) < 4.78 is 13.0. The number of rotatable bonds is 6. The minimum Gasteiger partial charge on any atom is -0.455 e. The highest BCUT2D eigenvalue weighted by Gasteiger charge is 2.51. The Labute approximate surface area is 201 Å². The summed E-state index contributed by atoms with van der Waals surface area (Å²) in [5, 5.41) is 4.40. The third-order valence-corrected chi connectivity index (χ3v) is 8.59. The van der Waals surface area contributed by atoms with Crippen LogP contribution in [-0.2, 0) is 21.5 Å². The molecule has 1 atom stereocenters. The molecule has 3 aromatic rings. The van der Waals surface area contributed by atoms with Crippen molar-refractivity contribution in [2.45, 2.75) is 56.6 Å². The lowest BCUT2D eigenvalue weighted by Gasteiger charge is -2.52. The van der Waals surface area contributed by atoms with E-state index in [9.17, 15) is 4.79 Å². The predicted octanol–water partition coefficient (Wildman–Crippen LogP) is 5.51. The molecule has 0 N–H and O–H groups in total. The van der Waals surface area contributed by atoms with Crippen LogP contribution in [0.2, 0.25) is 0 Å². The van der Waals surface area contributed by atoms with Gasteiger partial charge in [-0.2, -0.15) is 0 Å². The molecule has 3 aliphatic heterocycles. The van der Waals surface area contributed by atoms with Crippen LogP contribution >= 0.6 is 0 Å². The molecular formula is C29H33N2O3+. The first-order valence-electron chi connectivity index (χ1n) is 12.8. The Morgan fingerprint density at radius 1 is 1.00 bits per heavy atom. The maximum atomic E-state index is 13.7. The molecule has 0 unspecified atom stereocenters. The van der Waals surface area contributed by atoms with Crippen molar-refractivity contribution >= 4 is 5.97 Å². The van der Waals surface area contributed by atoms with E-state index in [-0.39, 0.29) is 12.1 Å². The summed E-state index contributed by atoms with van der Waals surface area (Å²) in [6.07, 6.45) is 6.20. The van der Waals surface area contributed by atoms with E-state index in [1.807, 2.05) is 48.5 Å². The summed E-state index contributed by atoms with van der Waals surface area (Å²) in [6, 6.07) is 22.5. The Hall–Kier alpha value is -2.92. The summed E-state index contributed by atoms with van der Waals surface area (Å²) in [5.74, 6) is 1.30. The van der Waals surface area contributed by atoms with Gasteiger partial charge in [-0.25, -0.2) is 0 Å². The van der Waals surface area contributed by atoms with Crippen molar-refractivity contribution in [3.8, 4) is 11.3 Å². The highest BCUT2D eigenvalue weighted by molar-refractivity contribution is 5.83. The van der Waals surface area contributed by atoms with E-state index in [0.29, 0.717) is 5.92 Å². The average molecular weight is 458 g/mol. The quantitative estimate of drug-likeness (QED) is 0.362. The molecule has 176 valence electrons. The summed E-state index contributed by atoms with van der Waals surface area (Å²) >= 11 is 0. The number of fused-ring (bicyclic) bond motifs is 3. The number of hydrogen-bond donors (Lipinski definition) is 0. The van der Waals surface area contributed by atoms with Crippen molar-refractivity contribution in [2.24, 2.45) is 5.92 Å². The number of esters is 1. The third-order valence-electron chi connectivity index (χ3n) is 8.59. The van der Waals surface area contributed by atoms with Crippen molar-refractivity contribution in [2.75, 3.05) is 19.6 Å². The van der Waals surface area contributed by atoms with E-state index in [0.717, 1.165) is 91.8 Å². The number of quaternary nitrogens is 1.